The van der Waals surface area contributed by atoms with Crippen LogP contribution in [0.2, 0.25) is 0 Å². The first-order chi connectivity index (χ1) is 8.43. The van der Waals surface area contributed by atoms with Crippen LogP contribution in [-0.2, 0) is 10.0 Å². The standard InChI is InChI=1S/C11H14N4O2S/c1-14(2)18(16,17)9-3-4-10(12)11(7-9)15-6-5-13-8-15/h3-8H,12H2,1-2H3. The van der Waals surface area contributed by atoms with Crippen LogP contribution in [0.25, 0.3) is 5.69 Å². The largest absolute Gasteiger partial charge is 0.397 e. The zero-order valence-corrected chi connectivity index (χ0v) is 10.9. The number of anilines is 1. The maximum absolute atomic E-state index is 12.0. The monoisotopic (exact) mass is 266 g/mol. The molecule has 0 atom stereocenters. The van der Waals surface area contributed by atoms with Crippen molar-refractivity contribution in [1.29, 1.82) is 0 Å². The number of rotatable bonds is 3. The predicted octanol–water partition coefficient (Wildman–Crippen LogP) is 0.705. The van der Waals surface area contributed by atoms with Crippen molar-refractivity contribution in [2.75, 3.05) is 19.8 Å². The number of nitrogens with zero attached hydrogens (tertiary/aromatic N) is 3. The van der Waals surface area contributed by atoms with Crippen molar-refractivity contribution < 1.29 is 8.42 Å². The Hall–Kier alpha value is -1.86. The third-order valence-corrected chi connectivity index (χ3v) is 4.37. The Labute approximate surface area is 106 Å². The van der Waals surface area contributed by atoms with Crippen LogP contribution in [0.4, 0.5) is 5.69 Å². The van der Waals surface area contributed by atoms with Crippen molar-refractivity contribution in [2.24, 2.45) is 0 Å². The molecule has 0 aliphatic carbocycles. The van der Waals surface area contributed by atoms with E-state index in [4.69, 9.17) is 5.73 Å². The van der Waals surface area contributed by atoms with Crippen molar-refractivity contribution >= 4 is 15.7 Å². The van der Waals surface area contributed by atoms with Gasteiger partial charge in [0.25, 0.3) is 0 Å². The zero-order valence-electron chi connectivity index (χ0n) is 10.1. The molecule has 1 aromatic heterocycles. The minimum Gasteiger partial charge on any atom is -0.397 e. The minimum absolute atomic E-state index is 0.199. The number of sulfonamides is 1. The summed E-state index contributed by atoms with van der Waals surface area (Å²) >= 11 is 0. The van der Waals surface area contributed by atoms with E-state index in [0.717, 1.165) is 4.31 Å². The summed E-state index contributed by atoms with van der Waals surface area (Å²) in [6, 6.07) is 4.60. The molecule has 0 amide bonds. The topological polar surface area (TPSA) is 81.2 Å². The number of hydrogen-bond donors (Lipinski definition) is 1. The molecule has 2 N–H and O–H groups in total. The van der Waals surface area contributed by atoms with E-state index in [0.29, 0.717) is 11.4 Å². The Morgan fingerprint density at radius 1 is 1.33 bits per heavy atom. The van der Waals surface area contributed by atoms with Gasteiger partial charge < -0.3 is 10.3 Å². The third kappa shape index (κ3) is 2.09. The van der Waals surface area contributed by atoms with Crippen molar-refractivity contribution in [3.05, 3.63) is 36.9 Å². The van der Waals surface area contributed by atoms with Crippen LogP contribution in [0.15, 0.2) is 41.8 Å². The molecule has 2 rings (SSSR count). The highest BCUT2D eigenvalue weighted by atomic mass is 32.2. The molecule has 0 saturated carbocycles. The Balaban J connectivity index is 2.59. The molecule has 6 nitrogen and oxygen atoms in total. The lowest BCUT2D eigenvalue weighted by molar-refractivity contribution is 0.520. The summed E-state index contributed by atoms with van der Waals surface area (Å²) < 4.78 is 26.9. The van der Waals surface area contributed by atoms with Gasteiger partial charge in [0.15, 0.2) is 0 Å². The molecule has 7 heteroatoms. The van der Waals surface area contributed by atoms with Gasteiger partial charge in [0.2, 0.25) is 10.0 Å². The van der Waals surface area contributed by atoms with Gasteiger partial charge >= 0.3 is 0 Å². The van der Waals surface area contributed by atoms with E-state index in [-0.39, 0.29) is 4.90 Å². The maximum atomic E-state index is 12.0. The number of aromatic nitrogens is 2. The molecule has 0 spiro atoms. The summed E-state index contributed by atoms with van der Waals surface area (Å²) in [6.07, 6.45) is 4.88. The SMILES string of the molecule is CN(C)S(=O)(=O)c1ccc(N)c(-n2ccnc2)c1. The second-order valence-corrected chi connectivity index (χ2v) is 6.13. The van der Waals surface area contributed by atoms with Gasteiger partial charge in [-0.1, -0.05) is 0 Å². The van der Waals surface area contributed by atoms with Crippen molar-refractivity contribution in [1.82, 2.24) is 13.9 Å². The van der Waals surface area contributed by atoms with E-state index in [1.54, 1.807) is 29.4 Å². The van der Waals surface area contributed by atoms with Crippen LogP contribution < -0.4 is 5.73 Å². The van der Waals surface area contributed by atoms with Crippen LogP contribution in [0.3, 0.4) is 0 Å². The zero-order chi connectivity index (χ0) is 13.3. The number of hydrogen-bond acceptors (Lipinski definition) is 4. The first kappa shape index (κ1) is 12.6. The van der Waals surface area contributed by atoms with Crippen LogP contribution in [0, 0.1) is 0 Å². The molecule has 0 saturated heterocycles. The first-order valence-electron chi connectivity index (χ1n) is 5.23. The second-order valence-electron chi connectivity index (χ2n) is 3.98. The third-order valence-electron chi connectivity index (χ3n) is 2.56. The highest BCUT2D eigenvalue weighted by Gasteiger charge is 2.18. The molecule has 0 fully saturated rings. The van der Waals surface area contributed by atoms with Gasteiger partial charge in [0.05, 0.1) is 22.6 Å². The molecule has 0 bridgehead atoms. The highest BCUT2D eigenvalue weighted by molar-refractivity contribution is 7.89. The van der Waals surface area contributed by atoms with Crippen LogP contribution in [0.1, 0.15) is 0 Å². The van der Waals surface area contributed by atoms with Gasteiger partial charge in [-0.3, -0.25) is 0 Å². The summed E-state index contributed by atoms with van der Waals surface area (Å²) in [5.41, 5.74) is 6.93. The van der Waals surface area contributed by atoms with E-state index in [2.05, 4.69) is 4.98 Å². The summed E-state index contributed by atoms with van der Waals surface area (Å²) in [6.45, 7) is 0. The maximum Gasteiger partial charge on any atom is 0.242 e. The van der Waals surface area contributed by atoms with E-state index in [1.807, 2.05) is 0 Å². The van der Waals surface area contributed by atoms with Crippen LogP contribution in [-0.4, -0.2) is 36.4 Å². The van der Waals surface area contributed by atoms with Gasteiger partial charge in [-0.2, -0.15) is 0 Å². The first-order valence-corrected chi connectivity index (χ1v) is 6.67. The fourth-order valence-electron chi connectivity index (χ4n) is 1.52. The number of benzene rings is 1. The molecule has 2 aromatic rings. The normalized spacial score (nSPS) is 11.9. The van der Waals surface area contributed by atoms with Gasteiger partial charge in [0.1, 0.15) is 0 Å². The van der Waals surface area contributed by atoms with Gasteiger partial charge in [0, 0.05) is 26.5 Å². The van der Waals surface area contributed by atoms with E-state index < -0.39 is 10.0 Å². The second kappa shape index (κ2) is 4.43. The number of imidazole rings is 1. The van der Waals surface area contributed by atoms with Gasteiger partial charge in [-0.15, -0.1) is 0 Å². The number of nitrogens with two attached hydrogens (primary N) is 1. The molecule has 0 unspecified atom stereocenters. The Kier molecular flexibility index (Phi) is 3.10. The Morgan fingerprint density at radius 3 is 2.61 bits per heavy atom. The summed E-state index contributed by atoms with van der Waals surface area (Å²) in [7, 11) is -0.486. The summed E-state index contributed by atoms with van der Waals surface area (Å²) in [4.78, 5) is 4.11. The lowest BCUT2D eigenvalue weighted by Crippen LogP contribution is -2.22. The van der Waals surface area contributed by atoms with Crippen LogP contribution >= 0.6 is 0 Å². The van der Waals surface area contributed by atoms with E-state index >= 15 is 0 Å². The molecule has 1 aromatic carbocycles. The van der Waals surface area contributed by atoms with Crippen molar-refractivity contribution in [3.63, 3.8) is 0 Å². The lowest BCUT2D eigenvalue weighted by atomic mass is 10.2. The highest BCUT2D eigenvalue weighted by Crippen LogP contribution is 2.22. The molecular formula is C11H14N4O2S. The average molecular weight is 266 g/mol. The fourth-order valence-corrected chi connectivity index (χ4v) is 2.44. The number of nitrogen functional groups attached to an aromatic ring is 1. The minimum atomic E-state index is -3.46. The Morgan fingerprint density at radius 2 is 2.06 bits per heavy atom. The average Bonchev–Trinajstić information content (AvgIpc) is 2.82. The molecule has 0 radical (unpaired) electrons. The molecule has 0 aliphatic rings. The molecule has 18 heavy (non-hydrogen) atoms. The van der Waals surface area contributed by atoms with E-state index in [1.165, 1.54) is 26.2 Å². The van der Waals surface area contributed by atoms with Gasteiger partial charge in [-0.25, -0.2) is 17.7 Å². The summed E-state index contributed by atoms with van der Waals surface area (Å²) in [5, 5.41) is 0. The molecule has 1 heterocycles. The van der Waals surface area contributed by atoms with Crippen molar-refractivity contribution in [3.8, 4) is 5.69 Å². The predicted molar refractivity (Wildman–Crippen MR) is 68.8 cm³/mol. The lowest BCUT2D eigenvalue weighted by Gasteiger charge is -2.13. The van der Waals surface area contributed by atoms with Crippen LogP contribution in [0.5, 0.6) is 0 Å². The van der Waals surface area contributed by atoms with Gasteiger partial charge in [-0.05, 0) is 18.2 Å². The summed E-state index contributed by atoms with van der Waals surface area (Å²) in [5.74, 6) is 0. The molecular weight excluding hydrogens is 252 g/mol. The van der Waals surface area contributed by atoms with Crippen molar-refractivity contribution in [2.45, 2.75) is 4.90 Å². The molecule has 0 aliphatic heterocycles. The quantitative estimate of drug-likeness (QED) is 0.829. The van der Waals surface area contributed by atoms with E-state index in [9.17, 15) is 8.42 Å². The smallest absolute Gasteiger partial charge is 0.242 e. The fraction of sp³-hybridized carbons (Fsp3) is 0.182. The molecule has 96 valence electrons. The Bertz CT molecular complexity index is 648.